The first-order valence-electron chi connectivity index (χ1n) is 4.56. The third-order valence-corrected chi connectivity index (χ3v) is 2.69. The van der Waals surface area contributed by atoms with Crippen LogP contribution in [0.15, 0.2) is 0 Å². The van der Waals surface area contributed by atoms with Gasteiger partial charge in [0.1, 0.15) is 0 Å². The Morgan fingerprint density at radius 2 is 1.73 bits per heavy atom. The van der Waals surface area contributed by atoms with Gasteiger partial charge in [0.15, 0.2) is 0 Å². The quantitative estimate of drug-likeness (QED) is 0.577. The summed E-state index contributed by atoms with van der Waals surface area (Å²) < 4.78 is 0. The van der Waals surface area contributed by atoms with Crippen molar-refractivity contribution in [2.45, 2.75) is 32.4 Å². The van der Waals surface area contributed by atoms with Crippen molar-refractivity contribution in [3.05, 3.63) is 0 Å². The molecule has 0 radical (unpaired) electrons. The Labute approximate surface area is 68.7 Å². The maximum atomic E-state index is 3.66. The molecule has 2 N–H and O–H groups in total. The van der Waals surface area contributed by atoms with E-state index < -0.39 is 0 Å². The summed E-state index contributed by atoms with van der Waals surface area (Å²) in [6.45, 7) is 9.20. The van der Waals surface area contributed by atoms with Crippen LogP contribution in [0.4, 0.5) is 0 Å². The van der Waals surface area contributed by atoms with Crippen LogP contribution in [0.5, 0.6) is 0 Å². The highest BCUT2D eigenvalue weighted by atomic mass is 15.1. The zero-order valence-electron chi connectivity index (χ0n) is 7.65. The lowest BCUT2D eigenvalue weighted by Crippen LogP contribution is -2.41. The topological polar surface area (TPSA) is 24.1 Å². The van der Waals surface area contributed by atoms with Gasteiger partial charge in [-0.1, -0.05) is 0 Å². The van der Waals surface area contributed by atoms with Crippen molar-refractivity contribution in [1.29, 1.82) is 0 Å². The van der Waals surface area contributed by atoms with E-state index in [2.05, 4.69) is 31.4 Å². The van der Waals surface area contributed by atoms with Crippen molar-refractivity contribution in [3.8, 4) is 0 Å². The monoisotopic (exact) mass is 154 g/mol. The minimum Gasteiger partial charge on any atom is -0.316 e. The summed E-state index contributed by atoms with van der Waals surface area (Å²) in [5.41, 5.74) is 0.301. The molecule has 1 saturated carbocycles. The van der Waals surface area contributed by atoms with Crippen LogP contribution in [0.3, 0.4) is 0 Å². The van der Waals surface area contributed by atoms with Crippen LogP contribution >= 0.6 is 0 Å². The van der Waals surface area contributed by atoms with Crippen molar-refractivity contribution in [1.82, 2.24) is 10.6 Å². The second-order valence-corrected chi connectivity index (χ2v) is 4.91. The molecule has 2 atom stereocenters. The van der Waals surface area contributed by atoms with Crippen LogP contribution in [-0.4, -0.2) is 24.7 Å². The van der Waals surface area contributed by atoms with E-state index >= 15 is 0 Å². The summed E-state index contributed by atoms with van der Waals surface area (Å²) >= 11 is 0. The van der Waals surface area contributed by atoms with Crippen LogP contribution in [0, 0.1) is 11.8 Å². The Morgan fingerprint density at radius 1 is 1.18 bits per heavy atom. The van der Waals surface area contributed by atoms with E-state index in [4.69, 9.17) is 0 Å². The third kappa shape index (κ3) is 1.42. The van der Waals surface area contributed by atoms with Crippen LogP contribution < -0.4 is 10.6 Å². The minimum atomic E-state index is 0.301. The second kappa shape index (κ2) is 2.20. The number of nitrogens with one attached hydrogen (secondary N) is 2. The smallest absolute Gasteiger partial charge is 0.0160 e. The predicted octanol–water partition coefficient (Wildman–Crippen LogP) is 0.592. The molecule has 2 unspecified atom stereocenters. The summed E-state index contributed by atoms with van der Waals surface area (Å²) in [5.74, 6) is 1.88. The fraction of sp³-hybridized carbons (Fsp3) is 1.00. The summed E-state index contributed by atoms with van der Waals surface area (Å²) in [6.07, 6.45) is 0. The third-order valence-electron chi connectivity index (χ3n) is 2.69. The number of piperidine rings is 1. The molecular formula is C9H18N2. The molecule has 0 aromatic heterocycles. The number of hydrogen-bond donors (Lipinski definition) is 2. The van der Waals surface area contributed by atoms with Crippen molar-refractivity contribution in [2.24, 2.45) is 11.8 Å². The van der Waals surface area contributed by atoms with E-state index in [0.29, 0.717) is 5.54 Å². The summed E-state index contributed by atoms with van der Waals surface area (Å²) in [5, 5.41) is 7.05. The zero-order valence-corrected chi connectivity index (χ0v) is 7.65. The van der Waals surface area contributed by atoms with Gasteiger partial charge in [-0.15, -0.1) is 0 Å². The summed E-state index contributed by atoms with van der Waals surface area (Å²) in [7, 11) is 0. The lowest BCUT2D eigenvalue weighted by molar-refractivity contribution is 0.393. The number of rotatable bonds is 1. The van der Waals surface area contributed by atoms with Gasteiger partial charge in [-0.3, -0.25) is 0 Å². The first kappa shape index (κ1) is 7.56. The highest BCUT2D eigenvalue weighted by molar-refractivity contribution is 5.10. The highest BCUT2D eigenvalue weighted by Gasteiger charge is 2.53. The van der Waals surface area contributed by atoms with Crippen LogP contribution in [-0.2, 0) is 0 Å². The lowest BCUT2D eigenvalue weighted by Gasteiger charge is -2.22. The molecule has 1 aliphatic carbocycles. The van der Waals surface area contributed by atoms with Gasteiger partial charge in [0, 0.05) is 11.6 Å². The van der Waals surface area contributed by atoms with Crippen molar-refractivity contribution in [2.75, 3.05) is 13.1 Å². The summed E-state index contributed by atoms with van der Waals surface area (Å²) in [6, 6.07) is 0.816. The Kier molecular flexibility index (Phi) is 1.52. The molecule has 0 amide bonds. The van der Waals surface area contributed by atoms with Crippen molar-refractivity contribution >= 4 is 0 Å². The Balaban J connectivity index is 1.83. The standard InChI is InChI=1S/C9H18N2/c1-9(2,3)11-8-6-4-10-5-7(6)8/h6-8,10-11H,4-5H2,1-3H3. The van der Waals surface area contributed by atoms with Gasteiger partial charge in [0.05, 0.1) is 0 Å². The molecule has 2 heteroatoms. The fourth-order valence-corrected chi connectivity index (χ4v) is 2.13. The second-order valence-electron chi connectivity index (χ2n) is 4.91. The van der Waals surface area contributed by atoms with E-state index in [0.717, 1.165) is 17.9 Å². The molecule has 2 aliphatic rings. The average molecular weight is 154 g/mol. The number of hydrogen-bond acceptors (Lipinski definition) is 2. The Morgan fingerprint density at radius 3 is 2.18 bits per heavy atom. The van der Waals surface area contributed by atoms with Crippen LogP contribution in [0.25, 0.3) is 0 Å². The molecule has 0 bridgehead atoms. The van der Waals surface area contributed by atoms with E-state index in [-0.39, 0.29) is 0 Å². The normalized spacial score (nSPS) is 42.3. The molecule has 1 heterocycles. The molecule has 1 saturated heterocycles. The summed E-state index contributed by atoms with van der Waals surface area (Å²) in [4.78, 5) is 0. The van der Waals surface area contributed by atoms with Gasteiger partial charge in [-0.05, 0) is 45.7 Å². The fourth-order valence-electron chi connectivity index (χ4n) is 2.13. The first-order valence-corrected chi connectivity index (χ1v) is 4.56. The molecule has 0 aromatic carbocycles. The van der Waals surface area contributed by atoms with Crippen molar-refractivity contribution in [3.63, 3.8) is 0 Å². The molecular weight excluding hydrogens is 136 g/mol. The van der Waals surface area contributed by atoms with E-state index in [1.165, 1.54) is 13.1 Å². The molecule has 2 fully saturated rings. The Hall–Kier alpha value is -0.0800. The van der Waals surface area contributed by atoms with Crippen molar-refractivity contribution < 1.29 is 0 Å². The van der Waals surface area contributed by atoms with Gasteiger partial charge in [0.25, 0.3) is 0 Å². The maximum absolute atomic E-state index is 3.66. The average Bonchev–Trinajstić information content (AvgIpc) is 2.39. The molecule has 2 nitrogen and oxygen atoms in total. The largest absolute Gasteiger partial charge is 0.316 e. The van der Waals surface area contributed by atoms with Gasteiger partial charge < -0.3 is 10.6 Å². The Bertz CT molecular complexity index is 149. The van der Waals surface area contributed by atoms with E-state index in [1.807, 2.05) is 0 Å². The van der Waals surface area contributed by atoms with Gasteiger partial charge >= 0.3 is 0 Å². The molecule has 0 aromatic rings. The highest BCUT2D eigenvalue weighted by Crippen LogP contribution is 2.42. The van der Waals surface area contributed by atoms with E-state index in [1.54, 1.807) is 0 Å². The SMILES string of the molecule is CC(C)(C)NC1C2CNCC21. The van der Waals surface area contributed by atoms with Gasteiger partial charge in [-0.2, -0.15) is 0 Å². The minimum absolute atomic E-state index is 0.301. The van der Waals surface area contributed by atoms with Gasteiger partial charge in [-0.25, -0.2) is 0 Å². The lowest BCUT2D eigenvalue weighted by atomic mass is 10.1. The number of fused-ring (bicyclic) bond motifs is 1. The zero-order chi connectivity index (χ0) is 8.06. The first-order chi connectivity index (χ1) is 5.08. The predicted molar refractivity (Wildman–Crippen MR) is 46.5 cm³/mol. The van der Waals surface area contributed by atoms with E-state index in [9.17, 15) is 0 Å². The molecule has 11 heavy (non-hydrogen) atoms. The molecule has 0 spiro atoms. The maximum Gasteiger partial charge on any atom is 0.0160 e. The van der Waals surface area contributed by atoms with Crippen LogP contribution in [0.2, 0.25) is 0 Å². The molecule has 1 aliphatic heterocycles. The van der Waals surface area contributed by atoms with Crippen LogP contribution in [0.1, 0.15) is 20.8 Å². The molecule has 64 valence electrons. The molecule has 2 rings (SSSR count). The van der Waals surface area contributed by atoms with Gasteiger partial charge in [0.2, 0.25) is 0 Å².